The highest BCUT2D eigenvalue weighted by atomic mass is 32.1. The standard InChI is InChI=1S/C29H38N8S2.2CH4/c1-5-34(26-14-10-24(11-15-26)30-32-28-36(7-3)20-22-38-28)18-9-19-35(6-2)27-16-12-25(13-17-27)31-33-29-37(8-4)21-23-39-29;;/h10-17,20-23H,5-9,18-19H2,1-4H3;2*1H4/q+2;;. The minimum Gasteiger partial charge on any atom is -0.372 e. The van der Waals surface area contributed by atoms with Crippen LogP contribution in [0.25, 0.3) is 0 Å². The van der Waals surface area contributed by atoms with Crippen LogP contribution in [0.2, 0.25) is 0 Å². The lowest BCUT2D eigenvalue weighted by Crippen LogP contribution is -2.30. The summed E-state index contributed by atoms with van der Waals surface area (Å²) in [5.74, 6) is 0. The Hall–Kier alpha value is -3.50. The average Bonchev–Trinajstić information content (AvgIpc) is 3.65. The molecule has 8 nitrogen and oxygen atoms in total. The zero-order chi connectivity index (χ0) is 27.5. The quantitative estimate of drug-likeness (QED) is 0.108. The minimum atomic E-state index is 0. The van der Waals surface area contributed by atoms with Crippen LogP contribution >= 0.6 is 22.7 Å². The van der Waals surface area contributed by atoms with Gasteiger partial charge in [0.2, 0.25) is 0 Å². The number of azo groups is 2. The maximum atomic E-state index is 4.43. The Kier molecular flexibility index (Phi) is 14.3. The smallest absolute Gasteiger partial charge is 0.372 e. The molecule has 0 aliphatic rings. The summed E-state index contributed by atoms with van der Waals surface area (Å²) in [5, 5.41) is 23.6. The molecule has 41 heavy (non-hydrogen) atoms. The van der Waals surface area contributed by atoms with Crippen molar-refractivity contribution in [3.63, 3.8) is 0 Å². The van der Waals surface area contributed by atoms with Gasteiger partial charge in [-0.2, -0.15) is 0 Å². The van der Waals surface area contributed by atoms with E-state index in [0.717, 1.165) is 67.3 Å². The first kappa shape index (κ1) is 33.7. The second-order valence-corrected chi connectivity index (χ2v) is 10.6. The number of aryl methyl sites for hydroxylation is 2. The number of aromatic nitrogens is 2. The van der Waals surface area contributed by atoms with E-state index in [1.54, 1.807) is 22.7 Å². The first-order valence-corrected chi connectivity index (χ1v) is 15.4. The SMILES string of the molecule is C.C.CCN(CCCN(CC)c1ccc(N=Nc2scc[n+]2CC)cc1)c1ccc(N=Nc2scc[n+]2CC)cc1. The molecule has 0 aliphatic heterocycles. The molecular weight excluding hydrogens is 549 g/mol. The van der Waals surface area contributed by atoms with Crippen molar-refractivity contribution in [3.05, 3.63) is 71.7 Å². The van der Waals surface area contributed by atoms with Crippen LogP contribution in [0.1, 0.15) is 49.0 Å². The van der Waals surface area contributed by atoms with Crippen molar-refractivity contribution >= 4 is 55.7 Å². The summed E-state index contributed by atoms with van der Waals surface area (Å²) < 4.78 is 4.18. The molecule has 2 aromatic carbocycles. The van der Waals surface area contributed by atoms with Gasteiger partial charge in [-0.05, 0) is 116 Å². The van der Waals surface area contributed by atoms with Gasteiger partial charge in [-0.15, -0.1) is 0 Å². The Labute approximate surface area is 254 Å². The zero-order valence-corrected chi connectivity index (χ0v) is 24.9. The Morgan fingerprint density at radius 1 is 0.585 bits per heavy atom. The molecule has 0 bridgehead atoms. The Bertz CT molecular complexity index is 1240. The lowest BCUT2D eigenvalue weighted by Gasteiger charge is -2.27. The third-order valence-electron chi connectivity index (χ3n) is 6.55. The third-order valence-corrected chi connectivity index (χ3v) is 8.12. The van der Waals surface area contributed by atoms with E-state index in [1.165, 1.54) is 11.4 Å². The van der Waals surface area contributed by atoms with Gasteiger partial charge in [-0.1, -0.05) is 14.9 Å². The van der Waals surface area contributed by atoms with Crippen LogP contribution < -0.4 is 18.9 Å². The van der Waals surface area contributed by atoms with Gasteiger partial charge in [-0.3, -0.25) is 0 Å². The van der Waals surface area contributed by atoms with Crippen LogP contribution in [0.4, 0.5) is 33.0 Å². The van der Waals surface area contributed by atoms with E-state index in [-0.39, 0.29) is 14.9 Å². The summed E-state index contributed by atoms with van der Waals surface area (Å²) in [6.07, 6.45) is 5.14. The predicted octanol–water partition coefficient (Wildman–Crippen LogP) is 9.27. The number of anilines is 2. The first-order chi connectivity index (χ1) is 19.1. The monoisotopic (exact) mass is 594 g/mol. The molecule has 0 spiro atoms. The highest BCUT2D eigenvalue weighted by Gasteiger charge is 2.12. The molecule has 4 aromatic rings. The molecule has 0 fully saturated rings. The fraction of sp³-hybridized carbons (Fsp3) is 0.419. The summed E-state index contributed by atoms with van der Waals surface area (Å²) in [6.45, 7) is 14.3. The van der Waals surface area contributed by atoms with Gasteiger partial charge in [0.05, 0.1) is 23.3 Å². The fourth-order valence-corrected chi connectivity index (χ4v) is 5.77. The van der Waals surface area contributed by atoms with Crippen molar-refractivity contribution in [1.82, 2.24) is 0 Å². The van der Waals surface area contributed by atoms with E-state index in [9.17, 15) is 0 Å². The summed E-state index contributed by atoms with van der Waals surface area (Å²) >= 11 is 3.20. The highest BCUT2D eigenvalue weighted by Crippen LogP contribution is 2.25. The van der Waals surface area contributed by atoms with Gasteiger partial charge in [0.15, 0.2) is 0 Å². The highest BCUT2D eigenvalue weighted by molar-refractivity contribution is 7.13. The van der Waals surface area contributed by atoms with Crippen molar-refractivity contribution < 1.29 is 9.13 Å². The number of benzene rings is 2. The second-order valence-electron chi connectivity index (χ2n) is 8.89. The molecule has 4 rings (SSSR count). The molecule has 0 saturated carbocycles. The fourth-order valence-electron chi connectivity index (χ4n) is 4.29. The lowest BCUT2D eigenvalue weighted by atomic mass is 10.2. The van der Waals surface area contributed by atoms with E-state index in [4.69, 9.17) is 0 Å². The summed E-state index contributed by atoms with van der Waals surface area (Å²) in [5.41, 5.74) is 4.16. The van der Waals surface area contributed by atoms with Crippen LogP contribution in [0, 0.1) is 0 Å². The van der Waals surface area contributed by atoms with Crippen molar-refractivity contribution in [2.75, 3.05) is 36.0 Å². The lowest BCUT2D eigenvalue weighted by molar-refractivity contribution is -0.677. The van der Waals surface area contributed by atoms with Crippen molar-refractivity contribution in [1.29, 1.82) is 0 Å². The van der Waals surface area contributed by atoms with Crippen LogP contribution in [0.15, 0.2) is 92.1 Å². The van der Waals surface area contributed by atoms with Gasteiger partial charge >= 0.3 is 10.3 Å². The van der Waals surface area contributed by atoms with Gasteiger partial charge < -0.3 is 9.80 Å². The number of nitrogens with zero attached hydrogens (tertiary/aromatic N) is 8. The molecule has 0 atom stereocenters. The Morgan fingerprint density at radius 2 is 0.976 bits per heavy atom. The van der Waals surface area contributed by atoms with Gasteiger partial charge in [0.1, 0.15) is 23.8 Å². The third kappa shape index (κ3) is 9.26. The molecule has 0 radical (unpaired) electrons. The molecule has 0 aliphatic carbocycles. The van der Waals surface area contributed by atoms with E-state index in [1.807, 2.05) is 47.4 Å². The maximum Gasteiger partial charge on any atom is 0.408 e. The molecule has 220 valence electrons. The topological polar surface area (TPSA) is 63.7 Å². The number of thiazole rings is 2. The van der Waals surface area contributed by atoms with Crippen molar-refractivity contribution in [2.24, 2.45) is 20.5 Å². The van der Waals surface area contributed by atoms with E-state index < -0.39 is 0 Å². The molecule has 0 N–H and O–H groups in total. The molecule has 2 aromatic heterocycles. The van der Waals surface area contributed by atoms with Gasteiger partial charge in [0.25, 0.3) is 0 Å². The van der Waals surface area contributed by atoms with Crippen LogP contribution in [0.3, 0.4) is 0 Å². The molecule has 0 unspecified atom stereocenters. The van der Waals surface area contributed by atoms with Gasteiger partial charge in [-0.25, -0.2) is 9.13 Å². The number of hydrogen-bond donors (Lipinski definition) is 0. The maximum absolute atomic E-state index is 4.43. The predicted molar refractivity (Wildman–Crippen MR) is 175 cm³/mol. The summed E-state index contributed by atoms with van der Waals surface area (Å²) in [6, 6.07) is 16.7. The minimum absolute atomic E-state index is 0. The van der Waals surface area contributed by atoms with Crippen molar-refractivity contribution in [2.45, 2.75) is 62.1 Å². The van der Waals surface area contributed by atoms with Gasteiger partial charge in [0, 0.05) is 48.3 Å². The second kappa shape index (κ2) is 17.3. The molecular formula is C31H46N8S2+2. The number of hydrogen-bond acceptors (Lipinski definition) is 8. The Morgan fingerprint density at radius 3 is 1.32 bits per heavy atom. The van der Waals surface area contributed by atoms with Crippen LogP contribution in [0.5, 0.6) is 0 Å². The molecule has 10 heteroatoms. The Balaban J connectivity index is 0.00000294. The largest absolute Gasteiger partial charge is 0.408 e. The van der Waals surface area contributed by atoms with Crippen LogP contribution in [-0.4, -0.2) is 26.2 Å². The molecule has 2 heterocycles. The molecule has 0 saturated heterocycles. The van der Waals surface area contributed by atoms with Crippen LogP contribution in [-0.2, 0) is 13.1 Å². The summed E-state index contributed by atoms with van der Waals surface area (Å²) in [7, 11) is 0. The van der Waals surface area contributed by atoms with E-state index >= 15 is 0 Å². The first-order valence-electron chi connectivity index (χ1n) is 13.6. The molecule has 0 amide bonds. The van der Waals surface area contributed by atoms with E-state index in [2.05, 4.69) is 91.4 Å². The average molecular weight is 595 g/mol. The summed E-state index contributed by atoms with van der Waals surface area (Å²) in [4.78, 5) is 4.82. The van der Waals surface area contributed by atoms with E-state index in [0.29, 0.717) is 0 Å². The normalized spacial score (nSPS) is 11.0. The number of rotatable bonds is 14. The van der Waals surface area contributed by atoms with Crippen molar-refractivity contribution in [3.8, 4) is 0 Å². The zero-order valence-electron chi connectivity index (χ0n) is 23.3.